The van der Waals surface area contributed by atoms with Gasteiger partial charge in [-0.3, -0.25) is 9.36 Å². The van der Waals surface area contributed by atoms with Crippen molar-refractivity contribution >= 4 is 11.7 Å². The summed E-state index contributed by atoms with van der Waals surface area (Å²) in [5.41, 5.74) is 2.54. The summed E-state index contributed by atoms with van der Waals surface area (Å²) >= 11 is 0. The van der Waals surface area contributed by atoms with Crippen LogP contribution in [0.2, 0.25) is 0 Å². The molecule has 0 spiro atoms. The van der Waals surface area contributed by atoms with E-state index in [4.69, 9.17) is 14.2 Å². The highest BCUT2D eigenvalue weighted by Gasteiger charge is 2.33. The van der Waals surface area contributed by atoms with Crippen molar-refractivity contribution in [2.75, 3.05) is 26.6 Å². The first-order valence-corrected chi connectivity index (χ1v) is 8.88. The molecule has 1 N–H and O–H groups in total. The SMILES string of the molecule is COc1cc(OC)c(C2CC(=O)Nc3c2ncn3-c2ccccc2)cc1OC. The van der Waals surface area contributed by atoms with Crippen LogP contribution in [0, 0.1) is 0 Å². The van der Waals surface area contributed by atoms with E-state index in [1.807, 2.05) is 41.0 Å². The summed E-state index contributed by atoms with van der Waals surface area (Å²) in [5, 5.41) is 2.96. The Hall–Kier alpha value is -3.48. The van der Waals surface area contributed by atoms with E-state index in [0.717, 1.165) is 16.9 Å². The minimum Gasteiger partial charge on any atom is -0.496 e. The highest BCUT2D eigenvalue weighted by atomic mass is 16.5. The van der Waals surface area contributed by atoms with Crippen molar-refractivity contribution in [3.05, 3.63) is 60.0 Å². The number of anilines is 1. The number of ether oxygens (including phenoxy) is 3. The second-order valence-corrected chi connectivity index (χ2v) is 6.44. The number of methoxy groups -OCH3 is 3. The second-order valence-electron chi connectivity index (χ2n) is 6.44. The molecule has 0 saturated heterocycles. The lowest BCUT2D eigenvalue weighted by Crippen LogP contribution is -2.25. The van der Waals surface area contributed by atoms with E-state index in [1.54, 1.807) is 33.7 Å². The molecule has 2 heterocycles. The molecule has 1 aliphatic heterocycles. The van der Waals surface area contributed by atoms with E-state index in [-0.39, 0.29) is 18.2 Å². The fourth-order valence-corrected chi connectivity index (χ4v) is 3.57. The Bertz CT molecular complexity index is 1010. The van der Waals surface area contributed by atoms with Crippen LogP contribution >= 0.6 is 0 Å². The Kier molecular flexibility index (Phi) is 4.65. The topological polar surface area (TPSA) is 74.6 Å². The van der Waals surface area contributed by atoms with Gasteiger partial charge in [-0.25, -0.2) is 4.98 Å². The van der Waals surface area contributed by atoms with Crippen LogP contribution in [-0.4, -0.2) is 36.8 Å². The molecule has 0 aliphatic carbocycles. The maximum atomic E-state index is 12.5. The van der Waals surface area contributed by atoms with Crippen molar-refractivity contribution in [2.45, 2.75) is 12.3 Å². The maximum absolute atomic E-state index is 12.5. The highest BCUT2D eigenvalue weighted by molar-refractivity contribution is 5.94. The van der Waals surface area contributed by atoms with Gasteiger partial charge in [-0.15, -0.1) is 0 Å². The van der Waals surface area contributed by atoms with Gasteiger partial charge in [-0.05, 0) is 18.2 Å². The number of hydrogen-bond donors (Lipinski definition) is 1. The summed E-state index contributed by atoms with van der Waals surface area (Å²) in [6, 6.07) is 13.4. The molecule has 0 saturated carbocycles. The van der Waals surface area contributed by atoms with Crippen molar-refractivity contribution in [3.63, 3.8) is 0 Å². The van der Waals surface area contributed by atoms with Crippen LogP contribution in [0.4, 0.5) is 5.82 Å². The third-order valence-corrected chi connectivity index (χ3v) is 4.92. The van der Waals surface area contributed by atoms with Gasteiger partial charge < -0.3 is 19.5 Å². The zero-order valence-corrected chi connectivity index (χ0v) is 15.9. The highest BCUT2D eigenvalue weighted by Crippen LogP contribution is 2.44. The Labute approximate surface area is 162 Å². The molecule has 3 aromatic rings. The number of nitrogens with one attached hydrogen (secondary N) is 1. The summed E-state index contributed by atoms with van der Waals surface area (Å²) in [6.07, 6.45) is 2.00. The molecule has 1 unspecified atom stereocenters. The molecule has 2 aromatic carbocycles. The van der Waals surface area contributed by atoms with Crippen LogP contribution in [0.1, 0.15) is 23.6 Å². The molecule has 0 bridgehead atoms. The molecule has 1 aliphatic rings. The predicted molar refractivity (Wildman–Crippen MR) is 105 cm³/mol. The van der Waals surface area contributed by atoms with Crippen LogP contribution in [-0.2, 0) is 4.79 Å². The third-order valence-electron chi connectivity index (χ3n) is 4.92. The van der Waals surface area contributed by atoms with Gasteiger partial charge in [-0.1, -0.05) is 18.2 Å². The predicted octanol–water partition coefficient (Wildman–Crippen LogP) is 3.37. The van der Waals surface area contributed by atoms with Crippen molar-refractivity contribution in [3.8, 4) is 22.9 Å². The summed E-state index contributed by atoms with van der Waals surface area (Å²) in [7, 11) is 4.75. The largest absolute Gasteiger partial charge is 0.496 e. The van der Waals surface area contributed by atoms with E-state index in [0.29, 0.717) is 23.1 Å². The number of imidazole rings is 1. The molecule has 1 aromatic heterocycles. The molecular formula is C21H21N3O4. The summed E-state index contributed by atoms with van der Waals surface area (Å²) in [5.74, 6) is 2.10. The zero-order chi connectivity index (χ0) is 19.7. The lowest BCUT2D eigenvalue weighted by molar-refractivity contribution is -0.116. The number of carbonyl (C=O) groups is 1. The number of benzene rings is 2. The fraction of sp³-hybridized carbons (Fsp3) is 0.238. The molecule has 4 rings (SSSR count). The van der Waals surface area contributed by atoms with Crippen molar-refractivity contribution in [1.82, 2.24) is 9.55 Å². The number of carbonyl (C=O) groups excluding carboxylic acids is 1. The van der Waals surface area contributed by atoms with Crippen LogP contribution < -0.4 is 19.5 Å². The first-order valence-electron chi connectivity index (χ1n) is 8.88. The Morgan fingerprint density at radius 2 is 1.68 bits per heavy atom. The van der Waals surface area contributed by atoms with Gasteiger partial charge in [0.1, 0.15) is 17.9 Å². The van der Waals surface area contributed by atoms with E-state index in [1.165, 1.54) is 0 Å². The van der Waals surface area contributed by atoms with Gasteiger partial charge in [0.25, 0.3) is 0 Å². The molecule has 144 valence electrons. The Morgan fingerprint density at radius 3 is 2.36 bits per heavy atom. The van der Waals surface area contributed by atoms with Gasteiger partial charge in [0.2, 0.25) is 5.91 Å². The van der Waals surface area contributed by atoms with Crippen molar-refractivity contribution < 1.29 is 19.0 Å². The molecule has 7 nitrogen and oxygen atoms in total. The van der Waals surface area contributed by atoms with Crippen LogP contribution in [0.5, 0.6) is 17.2 Å². The minimum atomic E-state index is -0.261. The number of nitrogens with zero attached hydrogens (tertiary/aromatic N) is 2. The minimum absolute atomic E-state index is 0.0768. The normalized spacial score (nSPS) is 15.5. The van der Waals surface area contributed by atoms with Crippen molar-refractivity contribution in [1.29, 1.82) is 0 Å². The first kappa shape index (κ1) is 17.9. The molecule has 0 radical (unpaired) electrons. The van der Waals surface area contributed by atoms with Crippen LogP contribution in [0.15, 0.2) is 48.8 Å². The number of rotatable bonds is 5. The first-order chi connectivity index (χ1) is 13.7. The van der Waals surface area contributed by atoms with Gasteiger partial charge in [0.15, 0.2) is 11.5 Å². The monoisotopic (exact) mass is 379 g/mol. The van der Waals surface area contributed by atoms with Gasteiger partial charge in [0.05, 0.1) is 27.0 Å². The Balaban J connectivity index is 1.86. The van der Waals surface area contributed by atoms with E-state index in [9.17, 15) is 4.79 Å². The number of amides is 1. The third kappa shape index (κ3) is 2.94. The standard InChI is InChI=1S/C21H21N3O4/c1-26-16-11-18(28-3)17(27-2)9-14(16)15-10-19(25)23-21-20(15)22-12-24(21)13-7-5-4-6-8-13/h4-9,11-12,15H,10H2,1-3H3,(H,23,25). The number of fused-ring (bicyclic) bond motifs is 1. The van der Waals surface area contributed by atoms with E-state index in [2.05, 4.69) is 10.3 Å². The lowest BCUT2D eigenvalue weighted by Gasteiger charge is -2.25. The van der Waals surface area contributed by atoms with E-state index < -0.39 is 0 Å². The molecule has 1 atom stereocenters. The summed E-state index contributed by atoms with van der Waals surface area (Å²) in [6.45, 7) is 0. The van der Waals surface area contributed by atoms with E-state index >= 15 is 0 Å². The zero-order valence-electron chi connectivity index (χ0n) is 15.9. The quantitative estimate of drug-likeness (QED) is 0.736. The second kappa shape index (κ2) is 7.26. The fourth-order valence-electron chi connectivity index (χ4n) is 3.57. The maximum Gasteiger partial charge on any atom is 0.226 e. The van der Waals surface area contributed by atoms with Gasteiger partial charge in [-0.2, -0.15) is 0 Å². The molecule has 7 heteroatoms. The average Bonchev–Trinajstić information content (AvgIpc) is 3.16. The molecular weight excluding hydrogens is 358 g/mol. The smallest absolute Gasteiger partial charge is 0.226 e. The molecule has 1 amide bonds. The summed E-state index contributed by atoms with van der Waals surface area (Å²) in [4.78, 5) is 17.1. The Morgan fingerprint density at radius 1 is 1.00 bits per heavy atom. The van der Waals surface area contributed by atoms with Gasteiger partial charge >= 0.3 is 0 Å². The number of aromatic nitrogens is 2. The van der Waals surface area contributed by atoms with Crippen molar-refractivity contribution in [2.24, 2.45) is 0 Å². The number of para-hydroxylation sites is 1. The van der Waals surface area contributed by atoms with Crippen LogP contribution in [0.25, 0.3) is 5.69 Å². The lowest BCUT2D eigenvalue weighted by atomic mass is 9.88. The molecule has 28 heavy (non-hydrogen) atoms. The number of hydrogen-bond acceptors (Lipinski definition) is 5. The van der Waals surface area contributed by atoms with Gasteiger partial charge in [0, 0.05) is 29.7 Å². The summed E-state index contributed by atoms with van der Waals surface area (Å²) < 4.78 is 18.3. The average molecular weight is 379 g/mol. The molecule has 0 fully saturated rings. The van der Waals surface area contributed by atoms with Crippen LogP contribution in [0.3, 0.4) is 0 Å².